The van der Waals surface area contributed by atoms with Crippen LogP contribution >= 0.6 is 15.9 Å². The molecule has 2 unspecified atom stereocenters. The molecule has 0 spiro atoms. The minimum absolute atomic E-state index is 0.0430. The van der Waals surface area contributed by atoms with Gasteiger partial charge < -0.3 is 10.6 Å². The van der Waals surface area contributed by atoms with Crippen molar-refractivity contribution in [3.8, 4) is 0 Å². The number of halogens is 2. The Morgan fingerprint density at radius 1 is 1.15 bits per heavy atom. The van der Waals surface area contributed by atoms with Crippen molar-refractivity contribution < 1.29 is 14.0 Å². The fourth-order valence-electron chi connectivity index (χ4n) is 2.49. The van der Waals surface area contributed by atoms with Gasteiger partial charge in [-0.25, -0.2) is 4.39 Å². The molecule has 0 saturated carbocycles. The molecule has 0 aliphatic heterocycles. The van der Waals surface area contributed by atoms with Crippen molar-refractivity contribution in [2.45, 2.75) is 32.9 Å². The molecule has 6 heteroatoms. The van der Waals surface area contributed by atoms with E-state index in [0.29, 0.717) is 15.6 Å². The molecule has 138 valence electrons. The molecular formula is C20H22BrFN2O2. The fourth-order valence-corrected chi connectivity index (χ4v) is 2.87. The topological polar surface area (TPSA) is 58.2 Å². The number of carbonyl (C=O) groups is 2. The van der Waals surface area contributed by atoms with Crippen molar-refractivity contribution in [3.63, 3.8) is 0 Å². The Balaban J connectivity index is 2.07. The van der Waals surface area contributed by atoms with E-state index < -0.39 is 6.04 Å². The Morgan fingerprint density at radius 2 is 1.85 bits per heavy atom. The molecule has 2 aromatic carbocycles. The molecule has 0 aromatic heterocycles. The first kappa shape index (κ1) is 20.1. The predicted octanol–water partition coefficient (Wildman–Crippen LogP) is 4.05. The number of hydrogen-bond donors (Lipinski definition) is 2. The molecule has 26 heavy (non-hydrogen) atoms. The summed E-state index contributed by atoms with van der Waals surface area (Å²) in [5, 5.41) is 5.60. The second-order valence-corrected chi connectivity index (χ2v) is 7.01. The summed E-state index contributed by atoms with van der Waals surface area (Å²) in [6.07, 6.45) is 0.733. The smallest absolute Gasteiger partial charge is 0.251 e. The Labute approximate surface area is 161 Å². The number of nitrogens with one attached hydrogen (secondary N) is 2. The molecular weight excluding hydrogens is 399 g/mol. The summed E-state index contributed by atoms with van der Waals surface area (Å²) in [7, 11) is 0. The van der Waals surface area contributed by atoms with Gasteiger partial charge in [-0.1, -0.05) is 54.4 Å². The summed E-state index contributed by atoms with van der Waals surface area (Å²) in [4.78, 5) is 25.0. The van der Waals surface area contributed by atoms with Crippen molar-refractivity contribution in [2.24, 2.45) is 5.92 Å². The van der Waals surface area contributed by atoms with Gasteiger partial charge in [-0.2, -0.15) is 0 Å². The summed E-state index contributed by atoms with van der Waals surface area (Å²) in [6.45, 7) is 4.04. The van der Waals surface area contributed by atoms with E-state index in [9.17, 15) is 14.0 Å². The van der Waals surface area contributed by atoms with E-state index in [1.54, 1.807) is 30.3 Å². The number of amides is 2. The molecule has 0 fully saturated rings. The normalized spacial score (nSPS) is 12.9. The standard InChI is InChI=1S/C20H22BrFN2O2/c1-3-13(2)18(24-19(25)14-7-5-4-6-8-14)20(26)23-12-15-11-16(22)9-10-17(15)21/h4-11,13,18H,3,12H2,1-2H3,(H,23,26)(H,24,25). The van der Waals surface area contributed by atoms with Crippen molar-refractivity contribution in [1.29, 1.82) is 0 Å². The highest BCUT2D eigenvalue weighted by Gasteiger charge is 2.26. The molecule has 2 aromatic rings. The second-order valence-electron chi connectivity index (χ2n) is 6.16. The summed E-state index contributed by atoms with van der Waals surface area (Å²) in [5.41, 5.74) is 1.14. The van der Waals surface area contributed by atoms with Crippen LogP contribution in [0.3, 0.4) is 0 Å². The lowest BCUT2D eigenvalue weighted by atomic mass is 9.97. The van der Waals surface area contributed by atoms with Crippen LogP contribution in [0.15, 0.2) is 53.0 Å². The van der Waals surface area contributed by atoms with Gasteiger partial charge in [0.2, 0.25) is 5.91 Å². The zero-order chi connectivity index (χ0) is 19.1. The largest absolute Gasteiger partial charge is 0.350 e. The van der Waals surface area contributed by atoms with Gasteiger partial charge in [0, 0.05) is 16.6 Å². The highest BCUT2D eigenvalue weighted by Crippen LogP contribution is 2.18. The van der Waals surface area contributed by atoms with Gasteiger partial charge in [0.05, 0.1) is 0 Å². The van der Waals surface area contributed by atoms with Gasteiger partial charge in [0.15, 0.2) is 0 Å². The summed E-state index contributed by atoms with van der Waals surface area (Å²) >= 11 is 3.34. The van der Waals surface area contributed by atoms with Gasteiger partial charge >= 0.3 is 0 Å². The monoisotopic (exact) mass is 420 g/mol. The maximum absolute atomic E-state index is 13.4. The van der Waals surface area contributed by atoms with E-state index >= 15 is 0 Å². The number of rotatable bonds is 7. The Hall–Kier alpha value is -2.21. The van der Waals surface area contributed by atoms with E-state index in [-0.39, 0.29) is 30.1 Å². The van der Waals surface area contributed by atoms with Crippen LogP contribution < -0.4 is 10.6 Å². The molecule has 2 amide bonds. The average molecular weight is 421 g/mol. The van der Waals surface area contributed by atoms with Crippen LogP contribution in [0, 0.1) is 11.7 Å². The van der Waals surface area contributed by atoms with Gasteiger partial charge in [-0.15, -0.1) is 0 Å². The fraction of sp³-hybridized carbons (Fsp3) is 0.300. The summed E-state index contributed by atoms with van der Waals surface area (Å²) in [6, 6.07) is 12.4. The van der Waals surface area contributed by atoms with Crippen LogP contribution in [0.5, 0.6) is 0 Å². The van der Waals surface area contributed by atoms with Crippen LogP contribution in [-0.2, 0) is 11.3 Å². The lowest BCUT2D eigenvalue weighted by Crippen LogP contribution is -2.50. The Kier molecular flexibility index (Phi) is 7.33. The maximum Gasteiger partial charge on any atom is 0.251 e. The zero-order valence-corrected chi connectivity index (χ0v) is 16.3. The molecule has 0 heterocycles. The molecule has 0 radical (unpaired) electrons. The maximum atomic E-state index is 13.4. The van der Waals surface area contributed by atoms with Crippen LogP contribution in [0.4, 0.5) is 4.39 Å². The van der Waals surface area contributed by atoms with Crippen LogP contribution in [0.25, 0.3) is 0 Å². The third kappa shape index (κ3) is 5.39. The first-order valence-electron chi connectivity index (χ1n) is 8.50. The minimum atomic E-state index is -0.667. The predicted molar refractivity (Wildman–Crippen MR) is 103 cm³/mol. The van der Waals surface area contributed by atoms with E-state index in [2.05, 4.69) is 26.6 Å². The molecule has 4 nitrogen and oxygen atoms in total. The Morgan fingerprint density at radius 3 is 2.50 bits per heavy atom. The van der Waals surface area contributed by atoms with Gasteiger partial charge in [-0.3, -0.25) is 9.59 Å². The van der Waals surface area contributed by atoms with E-state index in [1.807, 2.05) is 19.9 Å². The van der Waals surface area contributed by atoms with Gasteiger partial charge in [0.25, 0.3) is 5.91 Å². The van der Waals surface area contributed by atoms with Crippen LogP contribution in [0.2, 0.25) is 0 Å². The van der Waals surface area contributed by atoms with E-state index in [4.69, 9.17) is 0 Å². The lowest BCUT2D eigenvalue weighted by Gasteiger charge is -2.23. The molecule has 2 atom stereocenters. The minimum Gasteiger partial charge on any atom is -0.350 e. The molecule has 0 saturated heterocycles. The van der Waals surface area contributed by atoms with Crippen molar-refractivity contribution >= 4 is 27.7 Å². The van der Waals surface area contributed by atoms with E-state index in [1.165, 1.54) is 12.1 Å². The van der Waals surface area contributed by atoms with Crippen molar-refractivity contribution in [2.75, 3.05) is 0 Å². The Bertz CT molecular complexity index is 768. The zero-order valence-electron chi connectivity index (χ0n) is 14.8. The van der Waals surface area contributed by atoms with Crippen molar-refractivity contribution in [1.82, 2.24) is 10.6 Å². The number of hydrogen-bond acceptors (Lipinski definition) is 2. The highest BCUT2D eigenvalue weighted by atomic mass is 79.9. The van der Waals surface area contributed by atoms with Crippen molar-refractivity contribution in [3.05, 3.63) is 69.9 Å². The first-order valence-corrected chi connectivity index (χ1v) is 9.29. The molecule has 2 N–H and O–H groups in total. The molecule has 0 aliphatic carbocycles. The highest BCUT2D eigenvalue weighted by molar-refractivity contribution is 9.10. The van der Waals surface area contributed by atoms with E-state index in [0.717, 1.165) is 6.42 Å². The first-order chi connectivity index (χ1) is 12.4. The number of benzene rings is 2. The molecule has 0 bridgehead atoms. The lowest BCUT2D eigenvalue weighted by molar-refractivity contribution is -0.124. The molecule has 2 rings (SSSR count). The molecule has 0 aliphatic rings. The quantitative estimate of drug-likeness (QED) is 0.709. The van der Waals surface area contributed by atoms with Crippen LogP contribution in [0.1, 0.15) is 36.2 Å². The number of carbonyl (C=O) groups excluding carboxylic acids is 2. The summed E-state index contributed by atoms with van der Waals surface area (Å²) < 4.78 is 14.1. The van der Waals surface area contributed by atoms with Gasteiger partial charge in [0.1, 0.15) is 11.9 Å². The average Bonchev–Trinajstić information content (AvgIpc) is 2.66. The second kappa shape index (κ2) is 9.48. The SMILES string of the molecule is CCC(C)C(NC(=O)c1ccccc1)C(=O)NCc1cc(F)ccc1Br. The van der Waals surface area contributed by atoms with Crippen LogP contribution in [-0.4, -0.2) is 17.9 Å². The third-order valence-corrected chi connectivity index (χ3v) is 5.05. The third-order valence-electron chi connectivity index (χ3n) is 4.28. The summed E-state index contributed by atoms with van der Waals surface area (Å²) in [5.74, 6) is -0.996. The van der Waals surface area contributed by atoms with Gasteiger partial charge in [-0.05, 0) is 41.8 Å².